The number of aryl methyl sites for hydroxylation is 1. The van der Waals surface area contributed by atoms with Gasteiger partial charge in [-0.1, -0.05) is 33.6 Å². The average molecular weight is 309 g/mol. The molecule has 0 heterocycles. The third kappa shape index (κ3) is 3.86. The molecule has 0 spiro atoms. The molecule has 1 rings (SSSR count). The summed E-state index contributed by atoms with van der Waals surface area (Å²) >= 11 is 3.02. The summed E-state index contributed by atoms with van der Waals surface area (Å²) < 4.78 is 27.9. The smallest absolute Gasteiger partial charge is 0.297 e. The summed E-state index contributed by atoms with van der Waals surface area (Å²) in [6.07, 6.45) is -0.833. The van der Waals surface area contributed by atoms with Gasteiger partial charge < -0.3 is 5.11 Å². The lowest BCUT2D eigenvalue weighted by atomic mass is 10.2. The molecule has 6 heteroatoms. The van der Waals surface area contributed by atoms with Gasteiger partial charge >= 0.3 is 0 Å². The summed E-state index contributed by atoms with van der Waals surface area (Å²) in [4.78, 5) is 0.0971. The minimum atomic E-state index is -3.76. The first-order chi connectivity index (χ1) is 7.45. The van der Waals surface area contributed by atoms with E-state index in [9.17, 15) is 13.5 Å². The molecular weight excluding hydrogens is 296 g/mol. The second kappa shape index (κ2) is 5.77. The van der Waals surface area contributed by atoms with E-state index < -0.39 is 16.2 Å². The number of aliphatic hydroxyl groups excluding tert-OH is 1. The zero-order valence-electron chi connectivity index (χ0n) is 8.76. The van der Waals surface area contributed by atoms with Gasteiger partial charge in [0.25, 0.3) is 10.1 Å². The van der Waals surface area contributed by atoms with Gasteiger partial charge in [0.15, 0.2) is 0 Å². The number of alkyl halides is 1. The molecule has 1 aromatic carbocycles. The normalized spacial score (nSPS) is 13.7. The molecule has 0 amide bonds. The van der Waals surface area contributed by atoms with Crippen molar-refractivity contribution in [2.45, 2.75) is 17.9 Å². The van der Waals surface area contributed by atoms with Gasteiger partial charge in [-0.15, -0.1) is 0 Å². The zero-order chi connectivity index (χ0) is 12.2. The van der Waals surface area contributed by atoms with Crippen LogP contribution in [-0.2, 0) is 14.3 Å². The van der Waals surface area contributed by atoms with Crippen molar-refractivity contribution in [3.05, 3.63) is 29.8 Å². The van der Waals surface area contributed by atoms with E-state index in [0.717, 1.165) is 5.56 Å². The van der Waals surface area contributed by atoms with E-state index in [0.29, 0.717) is 0 Å². The largest absolute Gasteiger partial charge is 0.390 e. The van der Waals surface area contributed by atoms with Crippen LogP contribution in [0.2, 0.25) is 0 Å². The predicted molar refractivity (Wildman–Crippen MR) is 64.1 cm³/mol. The Morgan fingerprint density at radius 2 is 1.94 bits per heavy atom. The molecule has 1 N–H and O–H groups in total. The molecule has 0 radical (unpaired) electrons. The third-order valence-corrected chi connectivity index (χ3v) is 3.95. The van der Waals surface area contributed by atoms with Crippen LogP contribution < -0.4 is 0 Å². The third-order valence-electron chi connectivity index (χ3n) is 1.90. The number of aliphatic hydroxyl groups is 1. The summed E-state index contributed by atoms with van der Waals surface area (Å²) in [7, 11) is -3.76. The molecule has 0 saturated carbocycles. The van der Waals surface area contributed by atoms with Gasteiger partial charge in [0, 0.05) is 5.33 Å². The molecule has 0 aromatic heterocycles. The molecule has 0 aliphatic heterocycles. The molecule has 1 atom stereocenters. The second-order valence-electron chi connectivity index (χ2n) is 3.36. The van der Waals surface area contributed by atoms with Crippen LogP contribution in [0.4, 0.5) is 0 Å². The molecular formula is C10H13BrO4S. The van der Waals surface area contributed by atoms with Crippen molar-refractivity contribution in [1.82, 2.24) is 0 Å². The quantitative estimate of drug-likeness (QED) is 0.660. The topological polar surface area (TPSA) is 63.6 Å². The van der Waals surface area contributed by atoms with Gasteiger partial charge in [-0.05, 0) is 19.1 Å². The molecule has 0 saturated heterocycles. The molecule has 90 valence electrons. The van der Waals surface area contributed by atoms with E-state index in [1.807, 2.05) is 6.92 Å². The van der Waals surface area contributed by atoms with Crippen LogP contribution in [0.1, 0.15) is 5.56 Å². The Labute approximate surface area is 104 Å². The van der Waals surface area contributed by atoms with E-state index >= 15 is 0 Å². The average Bonchev–Trinajstić information content (AvgIpc) is 2.26. The molecule has 1 aromatic rings. The predicted octanol–water partition coefficient (Wildman–Crippen LogP) is 1.46. The summed E-state index contributed by atoms with van der Waals surface area (Å²) in [5, 5.41) is 9.45. The Morgan fingerprint density at radius 3 is 2.44 bits per heavy atom. The molecule has 0 aliphatic rings. The van der Waals surface area contributed by atoms with Crippen LogP contribution in [0.5, 0.6) is 0 Å². The lowest BCUT2D eigenvalue weighted by Gasteiger charge is -2.08. The summed E-state index contributed by atoms with van der Waals surface area (Å²) in [6, 6.07) is 6.34. The minimum Gasteiger partial charge on any atom is -0.390 e. The van der Waals surface area contributed by atoms with Crippen molar-refractivity contribution in [1.29, 1.82) is 0 Å². The highest BCUT2D eigenvalue weighted by atomic mass is 79.9. The van der Waals surface area contributed by atoms with Crippen LogP contribution in [0.25, 0.3) is 0 Å². The highest BCUT2D eigenvalue weighted by Crippen LogP contribution is 2.13. The molecule has 16 heavy (non-hydrogen) atoms. The van der Waals surface area contributed by atoms with Gasteiger partial charge in [0.05, 0.1) is 17.6 Å². The number of benzene rings is 1. The van der Waals surface area contributed by atoms with E-state index in [2.05, 4.69) is 15.9 Å². The number of rotatable bonds is 5. The lowest BCUT2D eigenvalue weighted by molar-refractivity contribution is 0.130. The van der Waals surface area contributed by atoms with Crippen LogP contribution in [0, 0.1) is 6.92 Å². The van der Waals surface area contributed by atoms with Crippen molar-refractivity contribution < 1.29 is 17.7 Å². The van der Waals surface area contributed by atoms with E-state index in [1.165, 1.54) is 12.1 Å². The summed E-state index contributed by atoms with van der Waals surface area (Å²) in [5.41, 5.74) is 0.972. The summed E-state index contributed by atoms with van der Waals surface area (Å²) in [5.74, 6) is 0. The summed E-state index contributed by atoms with van der Waals surface area (Å²) in [6.45, 7) is 1.62. The zero-order valence-corrected chi connectivity index (χ0v) is 11.2. The highest BCUT2D eigenvalue weighted by Gasteiger charge is 2.16. The van der Waals surface area contributed by atoms with Gasteiger partial charge in [-0.2, -0.15) is 8.42 Å². The molecule has 0 unspecified atom stereocenters. The fraction of sp³-hybridized carbons (Fsp3) is 0.400. The first-order valence-corrected chi connectivity index (χ1v) is 7.19. The van der Waals surface area contributed by atoms with Gasteiger partial charge in [-0.25, -0.2) is 0 Å². The molecule has 0 bridgehead atoms. The first kappa shape index (κ1) is 13.6. The maximum atomic E-state index is 11.6. The number of hydrogen-bond acceptors (Lipinski definition) is 4. The van der Waals surface area contributed by atoms with Crippen molar-refractivity contribution in [3.63, 3.8) is 0 Å². The van der Waals surface area contributed by atoms with Gasteiger partial charge in [-0.3, -0.25) is 4.18 Å². The fourth-order valence-electron chi connectivity index (χ4n) is 0.986. The first-order valence-electron chi connectivity index (χ1n) is 4.66. The Kier molecular flexibility index (Phi) is 4.91. The molecule has 4 nitrogen and oxygen atoms in total. The number of halogens is 1. The van der Waals surface area contributed by atoms with Crippen LogP contribution >= 0.6 is 15.9 Å². The van der Waals surface area contributed by atoms with Crippen molar-refractivity contribution in [2.75, 3.05) is 11.9 Å². The van der Waals surface area contributed by atoms with Crippen LogP contribution in [0.3, 0.4) is 0 Å². The molecule has 0 fully saturated rings. The van der Waals surface area contributed by atoms with Crippen molar-refractivity contribution >= 4 is 26.0 Å². The monoisotopic (exact) mass is 308 g/mol. The Balaban J connectivity index is 2.74. The number of hydrogen-bond donors (Lipinski definition) is 1. The van der Waals surface area contributed by atoms with Crippen molar-refractivity contribution in [3.8, 4) is 0 Å². The van der Waals surface area contributed by atoms with Gasteiger partial charge in [0.1, 0.15) is 0 Å². The maximum absolute atomic E-state index is 11.6. The second-order valence-corrected chi connectivity index (χ2v) is 5.62. The lowest BCUT2D eigenvalue weighted by Crippen LogP contribution is -2.20. The van der Waals surface area contributed by atoms with Crippen molar-refractivity contribution in [2.24, 2.45) is 0 Å². The Morgan fingerprint density at radius 1 is 1.38 bits per heavy atom. The van der Waals surface area contributed by atoms with Gasteiger partial charge in [0.2, 0.25) is 0 Å². The van der Waals surface area contributed by atoms with E-state index in [-0.39, 0.29) is 16.8 Å². The Bertz CT molecular complexity index is 427. The SMILES string of the molecule is Cc1ccc(S(=O)(=O)OC[C@@H](O)CBr)cc1. The minimum absolute atomic E-state index is 0.0971. The van der Waals surface area contributed by atoms with Crippen LogP contribution in [0.15, 0.2) is 29.2 Å². The Hall–Kier alpha value is -0.430. The maximum Gasteiger partial charge on any atom is 0.297 e. The van der Waals surface area contributed by atoms with Crippen LogP contribution in [-0.4, -0.2) is 31.6 Å². The van der Waals surface area contributed by atoms with E-state index in [4.69, 9.17) is 4.18 Å². The standard InChI is InChI=1S/C10H13BrO4S/c1-8-2-4-10(5-3-8)16(13,14)15-7-9(12)6-11/h2-5,9,12H,6-7H2,1H3/t9-/m0/s1. The fourth-order valence-corrected chi connectivity index (χ4v) is 2.11. The molecule has 0 aliphatic carbocycles. The highest BCUT2D eigenvalue weighted by molar-refractivity contribution is 9.09. The van der Waals surface area contributed by atoms with E-state index in [1.54, 1.807) is 12.1 Å².